The van der Waals surface area contributed by atoms with Crippen LogP contribution in [-0.2, 0) is 27.2 Å². The van der Waals surface area contributed by atoms with Gasteiger partial charge >= 0.3 is 59.1 Å². The summed E-state index contributed by atoms with van der Waals surface area (Å²) in [6, 6.07) is 18.0. The second kappa shape index (κ2) is 66.5. The summed E-state index contributed by atoms with van der Waals surface area (Å²) in [5.41, 5.74) is 22.2. The number of carbonyl (C=O) groups excluding carboxylic acids is 1. The zero-order chi connectivity index (χ0) is 101. The van der Waals surface area contributed by atoms with Gasteiger partial charge in [0.05, 0.1) is 117 Å². The summed E-state index contributed by atoms with van der Waals surface area (Å²) >= 11 is 9.46. The summed E-state index contributed by atoms with van der Waals surface area (Å²) in [6.07, 6.45) is 0.805. The number of nitrogens with two attached hydrogens (primary N) is 5. The number of fused-ring (bicyclic) bond motifs is 6. The van der Waals surface area contributed by atoms with E-state index < -0.39 is 17.6 Å². The standard InChI is InChI=1S/C22H32N2O5S2.C17H21NO5S.C17H21NO4S.C11H17NO3S.C9H10O3S.C8H11NO3.C8H11NO2.C2H8N2O.C2H7NO.2B.2Na.2H/c1-21(13-26-17-7-30-8-18(17)27-14-21)11-23-3-5-25-6-4-24-12-22(2)15-28-19-9-31-10-20(19)29-16-22;1-17(9-22-15-6-24-7-16(15)23-10-17)8-18-5-14(21)11-2-3-12(19)13(20)4-11;1-17(10-21-15-7-23-8-16(15)22-11-17)9-18-5-4-12-2-3-13(19)14(20)6-12;1-11(6-12-2-3-13)7-14-9-4-16-5-10(9)15-8-11;1-9(4-10)5-11-7-2-13-3-8(7)12-6-9;9-4-8(12)5-1-2-6(10)7(11)3-5;9-4-3-6-1-2-7(10)8(11)5-6;3-1-2-5-4;3-1-2-4;;;;;;/h7-10,23-24H,3-6,11-16H2,1-2H3;2-4,6-7,14,18-21H,5,8-10H2,1H3;2-3,6-8,18-20H,4-5,9-11H2,1H3;4-5,12-13H,2-3,6-8H2,1H3;2-4H,5-6H2,1H3;1-3,8,10-12H,4,9H2;1-2,5,10-11H,3-4,9H2;1-4H2;4H,1-3H2;;;;;;/q;;;;;;;;;;;2*+1;2*-1. The van der Waals surface area contributed by atoms with Gasteiger partial charge in [-0.2, -0.15) is 0 Å². The van der Waals surface area contributed by atoms with Gasteiger partial charge < -0.3 is 185 Å². The first kappa shape index (κ1) is 128. The summed E-state index contributed by atoms with van der Waals surface area (Å²) in [6.45, 7) is 30.1. The van der Waals surface area contributed by atoms with E-state index in [4.69, 9.17) is 115 Å². The topological polar surface area (TPSA) is 579 Å². The molecule has 6 aliphatic heterocycles. The largest absolute Gasteiger partial charge is 1.00 e. The van der Waals surface area contributed by atoms with E-state index in [9.17, 15) is 35.4 Å². The molecule has 6 radical (unpaired) electrons. The molecule has 0 saturated heterocycles. The number of thiophene rings is 6. The first-order valence-electron chi connectivity index (χ1n) is 45.0. The molecule has 27 N–H and O–H groups in total. The van der Waals surface area contributed by atoms with Gasteiger partial charge in [0.1, 0.15) is 19.5 Å². The van der Waals surface area contributed by atoms with Crippen LogP contribution in [0, 0.1) is 32.5 Å². The predicted octanol–water partition coefficient (Wildman–Crippen LogP) is 3.05. The van der Waals surface area contributed by atoms with Crippen LogP contribution in [0.15, 0.2) is 137 Å². The average molecular weight is 2130 g/mol. The normalized spacial score (nSPS) is 15.7. The molecule has 0 bridgehead atoms. The van der Waals surface area contributed by atoms with Crippen LogP contribution in [-0.4, -0.2) is 288 Å². The van der Waals surface area contributed by atoms with Gasteiger partial charge in [-0.15, -0.1) is 68.0 Å². The molecule has 2 atom stereocenters. The van der Waals surface area contributed by atoms with Crippen LogP contribution < -0.4 is 171 Å². The van der Waals surface area contributed by atoms with Crippen LogP contribution in [0.5, 0.6) is 115 Å². The third-order valence-electron chi connectivity index (χ3n) is 21.4. The molecule has 0 aliphatic carbocycles. The molecular formula is C96H140B2N10Na2O27S6. The molecule has 10 aromatic rings. The fourth-order valence-electron chi connectivity index (χ4n) is 12.9. The smallest absolute Gasteiger partial charge is 1.00 e. The zero-order valence-corrected chi connectivity index (χ0v) is 91.3. The molecule has 4 aromatic carbocycles. The summed E-state index contributed by atoms with van der Waals surface area (Å²) in [7, 11) is 0. The van der Waals surface area contributed by atoms with Crippen molar-refractivity contribution in [3.05, 3.63) is 160 Å². The molecule has 0 fully saturated rings. The number of hydrogen-bond donors (Lipinski definition) is 22. The number of hydrogen-bond acceptors (Lipinski definition) is 43. The zero-order valence-electron chi connectivity index (χ0n) is 84.4. The van der Waals surface area contributed by atoms with E-state index in [-0.39, 0.29) is 172 Å². The minimum atomic E-state index is -0.795. The second-order valence-corrected chi connectivity index (χ2v) is 39.9. The molecule has 37 nitrogen and oxygen atoms in total. The molecule has 143 heavy (non-hydrogen) atoms. The van der Waals surface area contributed by atoms with Crippen LogP contribution >= 0.6 is 68.0 Å². The number of rotatable bonds is 32. The summed E-state index contributed by atoms with van der Waals surface area (Å²) in [5, 5.41) is 150. The Labute approximate surface area is 910 Å². The van der Waals surface area contributed by atoms with Crippen molar-refractivity contribution in [2.45, 2.75) is 66.6 Å². The average Bonchev–Trinajstić information content (AvgIpc) is 1.67. The molecule has 12 heterocycles. The van der Waals surface area contributed by atoms with E-state index in [2.05, 4.69) is 71.9 Å². The second-order valence-electron chi connectivity index (χ2n) is 35.4. The van der Waals surface area contributed by atoms with E-state index in [1.165, 1.54) is 59.9 Å². The fourth-order valence-corrected chi connectivity index (χ4v) is 17.0. The maximum absolute atomic E-state index is 10.7. The van der Waals surface area contributed by atoms with Gasteiger partial charge in [0, 0.05) is 187 Å². The van der Waals surface area contributed by atoms with Gasteiger partial charge in [-0.25, -0.2) is 5.90 Å². The van der Waals surface area contributed by atoms with Crippen LogP contribution in [0.2, 0.25) is 0 Å². The first-order valence-corrected chi connectivity index (χ1v) is 50.7. The Morgan fingerprint density at radius 3 is 0.867 bits per heavy atom. The number of carbonyl (C=O) groups is 1. The minimum Gasteiger partial charge on any atom is -1.00 e. The number of aromatic hydroxyl groups is 8. The molecule has 780 valence electrons. The van der Waals surface area contributed by atoms with E-state index in [1.807, 2.05) is 77.6 Å². The Balaban J connectivity index is 0.000000573. The van der Waals surface area contributed by atoms with Crippen molar-refractivity contribution in [1.82, 2.24) is 26.6 Å². The predicted molar refractivity (Wildman–Crippen MR) is 552 cm³/mol. The monoisotopic (exact) mass is 2120 g/mol. The van der Waals surface area contributed by atoms with Gasteiger partial charge in [-0.05, 0) is 104 Å². The van der Waals surface area contributed by atoms with Crippen LogP contribution in [0.1, 0.15) is 78.9 Å². The number of aliphatic hydroxyl groups is 4. The molecular weight excluding hydrogens is 1990 g/mol. The maximum atomic E-state index is 10.7. The molecule has 0 spiro atoms. The van der Waals surface area contributed by atoms with Gasteiger partial charge in [-0.1, -0.05) is 58.9 Å². The van der Waals surface area contributed by atoms with E-state index >= 15 is 0 Å². The summed E-state index contributed by atoms with van der Waals surface area (Å²) in [5.74, 6) is 13.2. The van der Waals surface area contributed by atoms with Crippen LogP contribution in [0.25, 0.3) is 0 Å². The van der Waals surface area contributed by atoms with E-state index in [0.29, 0.717) is 156 Å². The Bertz CT molecular complexity index is 5000. The Morgan fingerprint density at radius 1 is 0.350 bits per heavy atom. The van der Waals surface area contributed by atoms with Crippen molar-refractivity contribution >= 4 is 91.1 Å². The number of benzene rings is 4. The Hall–Kier alpha value is -7.76. The van der Waals surface area contributed by atoms with Crippen molar-refractivity contribution < 1.29 is 194 Å². The number of aldehydes is 1. The van der Waals surface area contributed by atoms with Crippen molar-refractivity contribution in [2.75, 3.05) is 204 Å². The Kier molecular flexibility index (Phi) is 59.3. The Morgan fingerprint density at radius 2 is 0.615 bits per heavy atom. The van der Waals surface area contributed by atoms with Gasteiger partial charge in [0.2, 0.25) is 0 Å². The minimum absolute atomic E-state index is 0. The van der Waals surface area contributed by atoms with Crippen LogP contribution in [0.4, 0.5) is 0 Å². The van der Waals surface area contributed by atoms with E-state index in [1.54, 1.807) is 74.9 Å². The summed E-state index contributed by atoms with van der Waals surface area (Å²) < 4.78 is 74.9. The first-order chi connectivity index (χ1) is 66.8. The van der Waals surface area contributed by atoms with Crippen LogP contribution in [0.3, 0.4) is 0 Å². The van der Waals surface area contributed by atoms with Gasteiger partial charge in [0.15, 0.2) is 115 Å². The molecule has 16 rings (SSSR count). The van der Waals surface area contributed by atoms with Crippen molar-refractivity contribution in [1.29, 1.82) is 0 Å². The van der Waals surface area contributed by atoms with Gasteiger partial charge in [0.25, 0.3) is 0 Å². The molecule has 6 aromatic heterocycles. The quantitative estimate of drug-likeness (QED) is 0.00947. The number of aliphatic hydroxyl groups excluding tert-OH is 4. The molecule has 0 amide bonds. The molecule has 2 unspecified atom stereocenters. The molecule has 6 aliphatic rings. The van der Waals surface area contributed by atoms with E-state index in [0.717, 1.165) is 139 Å². The van der Waals surface area contributed by atoms with Crippen molar-refractivity contribution in [2.24, 2.45) is 61.3 Å². The third kappa shape index (κ3) is 44.3. The molecule has 47 heteroatoms. The number of phenolic OH excluding ortho intramolecular Hbond substituents is 8. The molecule has 0 saturated carbocycles. The summed E-state index contributed by atoms with van der Waals surface area (Å²) in [4.78, 5) is 14.8. The maximum Gasteiger partial charge on any atom is 1.00 e. The number of ether oxygens (including phenoxy) is 13. The van der Waals surface area contributed by atoms with Crippen molar-refractivity contribution in [3.63, 3.8) is 0 Å². The fraction of sp³-hybridized carbons (Fsp3) is 0.490. The van der Waals surface area contributed by atoms with Gasteiger partial charge in [-0.3, -0.25) is 0 Å². The van der Waals surface area contributed by atoms with Crippen molar-refractivity contribution in [3.8, 4) is 115 Å². The third-order valence-corrected chi connectivity index (χ3v) is 25.6. The number of nitrogens with one attached hydrogen (secondary N) is 5. The SMILES string of the molecule is CC1(C=O)COc2cscc2OC1.CC1(CNCC(O)c2ccc(O)c(O)c2)COc2cscc2OC1.CC1(CNCCO)COc2cscc2OC1.CC1(CNCCOCCNCC2(C)COc3cscc3OC2)COc2cscc2OC1.CC1(CNCCc2ccc(O)c(O)c2)COc2cscc2OC1.NCC(O)c1ccc(O)c(O)c1.NCCO.NCCON.NCCc1ccc(O)c(O)c1.[B].[B].[H-].[H-].[Na+].[Na+]. The number of phenols is 8.